The van der Waals surface area contributed by atoms with Crippen LogP contribution in [0.25, 0.3) is 0 Å². The molecule has 0 aromatic carbocycles. The second-order valence-electron chi connectivity index (χ2n) is 6.82. The third-order valence-electron chi connectivity index (χ3n) is 4.48. The average molecular weight is 254 g/mol. The molecule has 0 aliphatic heterocycles. The molecule has 0 amide bonds. The normalized spacial score (nSPS) is 20.8. The molecule has 2 nitrogen and oxygen atoms in total. The van der Waals surface area contributed by atoms with Crippen LogP contribution in [0.15, 0.2) is 0 Å². The van der Waals surface area contributed by atoms with Gasteiger partial charge in [0.15, 0.2) is 0 Å². The Labute approximate surface area is 114 Å². The van der Waals surface area contributed by atoms with E-state index >= 15 is 0 Å². The van der Waals surface area contributed by atoms with Crippen molar-refractivity contribution < 1.29 is 0 Å². The van der Waals surface area contributed by atoms with Gasteiger partial charge < -0.3 is 5.73 Å². The van der Waals surface area contributed by atoms with Crippen LogP contribution < -0.4 is 5.73 Å². The molecule has 1 saturated carbocycles. The summed E-state index contributed by atoms with van der Waals surface area (Å²) < 4.78 is 0. The van der Waals surface area contributed by atoms with Crippen molar-refractivity contribution >= 4 is 0 Å². The summed E-state index contributed by atoms with van der Waals surface area (Å²) in [4.78, 5) is 2.73. The first-order chi connectivity index (χ1) is 8.54. The van der Waals surface area contributed by atoms with Gasteiger partial charge in [-0.3, -0.25) is 4.90 Å². The highest BCUT2D eigenvalue weighted by molar-refractivity contribution is 4.96. The van der Waals surface area contributed by atoms with Crippen molar-refractivity contribution in [3.63, 3.8) is 0 Å². The van der Waals surface area contributed by atoms with Crippen molar-refractivity contribution in [1.82, 2.24) is 4.90 Å². The van der Waals surface area contributed by atoms with Crippen molar-refractivity contribution in [2.75, 3.05) is 19.6 Å². The molecular weight excluding hydrogens is 220 g/mol. The number of rotatable bonds is 8. The van der Waals surface area contributed by atoms with Gasteiger partial charge in [-0.1, -0.05) is 40.5 Å². The monoisotopic (exact) mass is 254 g/mol. The van der Waals surface area contributed by atoms with Gasteiger partial charge in [0.2, 0.25) is 0 Å². The molecule has 2 N–H and O–H groups in total. The Morgan fingerprint density at radius 2 is 1.78 bits per heavy atom. The lowest BCUT2D eigenvalue weighted by atomic mass is 9.91. The Bertz CT molecular complexity index is 219. The predicted octanol–water partition coefficient (Wildman–Crippen LogP) is 3.65. The molecule has 18 heavy (non-hydrogen) atoms. The van der Waals surface area contributed by atoms with E-state index in [1.54, 1.807) is 0 Å². The smallest absolute Gasteiger partial charge is 0.0331 e. The molecule has 1 unspecified atom stereocenters. The van der Waals surface area contributed by atoms with E-state index in [4.69, 9.17) is 5.73 Å². The maximum Gasteiger partial charge on any atom is 0.0331 e. The SMILES string of the molecule is CCCN(CC(C)CC(C)C)C1(CN)CCCC1. The van der Waals surface area contributed by atoms with Crippen LogP contribution in [-0.4, -0.2) is 30.1 Å². The van der Waals surface area contributed by atoms with Crippen LogP contribution in [0, 0.1) is 11.8 Å². The Hall–Kier alpha value is -0.0800. The Balaban J connectivity index is 2.62. The Kier molecular flexibility index (Phi) is 6.65. The lowest BCUT2D eigenvalue weighted by Gasteiger charge is -2.42. The van der Waals surface area contributed by atoms with Gasteiger partial charge in [-0.25, -0.2) is 0 Å². The van der Waals surface area contributed by atoms with Crippen molar-refractivity contribution in [2.24, 2.45) is 17.6 Å². The second-order valence-corrected chi connectivity index (χ2v) is 6.82. The molecule has 0 bridgehead atoms. The molecule has 108 valence electrons. The van der Waals surface area contributed by atoms with E-state index in [1.165, 1.54) is 51.6 Å². The van der Waals surface area contributed by atoms with E-state index in [9.17, 15) is 0 Å². The minimum Gasteiger partial charge on any atom is -0.329 e. The number of nitrogens with two attached hydrogens (primary N) is 1. The largest absolute Gasteiger partial charge is 0.329 e. The third kappa shape index (κ3) is 4.24. The summed E-state index contributed by atoms with van der Waals surface area (Å²) in [5.41, 5.74) is 6.47. The van der Waals surface area contributed by atoms with Crippen LogP contribution in [0.5, 0.6) is 0 Å². The van der Waals surface area contributed by atoms with Gasteiger partial charge in [-0.05, 0) is 44.1 Å². The van der Waals surface area contributed by atoms with Gasteiger partial charge in [0, 0.05) is 18.6 Å². The summed E-state index contributed by atoms with van der Waals surface area (Å²) in [7, 11) is 0. The first-order valence-electron chi connectivity index (χ1n) is 7.99. The zero-order valence-electron chi connectivity index (χ0n) is 13.0. The summed E-state index contributed by atoms with van der Waals surface area (Å²) in [5.74, 6) is 1.60. The fourth-order valence-corrected chi connectivity index (χ4v) is 3.73. The molecule has 2 heteroatoms. The molecule has 0 aromatic heterocycles. The summed E-state index contributed by atoms with van der Waals surface area (Å²) in [6.45, 7) is 12.7. The minimum absolute atomic E-state index is 0.335. The van der Waals surface area contributed by atoms with E-state index in [-0.39, 0.29) is 0 Å². The zero-order valence-corrected chi connectivity index (χ0v) is 13.0. The third-order valence-corrected chi connectivity index (χ3v) is 4.48. The molecule has 1 aliphatic carbocycles. The van der Waals surface area contributed by atoms with E-state index in [0.29, 0.717) is 5.54 Å². The van der Waals surface area contributed by atoms with Crippen LogP contribution in [0.3, 0.4) is 0 Å². The van der Waals surface area contributed by atoms with E-state index in [0.717, 1.165) is 18.4 Å². The molecule has 1 rings (SSSR count). The van der Waals surface area contributed by atoms with Crippen molar-refractivity contribution in [3.8, 4) is 0 Å². The molecule has 0 aromatic rings. The highest BCUT2D eigenvalue weighted by Crippen LogP contribution is 2.35. The molecule has 0 spiro atoms. The summed E-state index contributed by atoms with van der Waals surface area (Å²) in [6, 6.07) is 0. The van der Waals surface area contributed by atoms with Gasteiger partial charge in [-0.15, -0.1) is 0 Å². The molecule has 0 heterocycles. The minimum atomic E-state index is 0.335. The topological polar surface area (TPSA) is 29.3 Å². The lowest BCUT2D eigenvalue weighted by Crippen LogP contribution is -2.53. The van der Waals surface area contributed by atoms with Crippen LogP contribution in [-0.2, 0) is 0 Å². The Morgan fingerprint density at radius 1 is 1.17 bits per heavy atom. The van der Waals surface area contributed by atoms with Crippen LogP contribution in [0.4, 0.5) is 0 Å². The maximum atomic E-state index is 6.14. The highest BCUT2D eigenvalue weighted by atomic mass is 15.2. The standard InChI is InChI=1S/C16H34N2/c1-5-10-18(12-15(4)11-14(2)3)16(13-17)8-6-7-9-16/h14-15H,5-13,17H2,1-4H3. The van der Waals surface area contributed by atoms with E-state index in [2.05, 4.69) is 32.6 Å². The average Bonchev–Trinajstić information content (AvgIpc) is 2.77. The van der Waals surface area contributed by atoms with Crippen LogP contribution in [0.2, 0.25) is 0 Å². The Morgan fingerprint density at radius 3 is 2.22 bits per heavy atom. The van der Waals surface area contributed by atoms with Crippen molar-refractivity contribution in [2.45, 2.75) is 71.8 Å². The summed E-state index contributed by atoms with van der Waals surface area (Å²) in [5, 5.41) is 0. The first kappa shape index (κ1) is 16.0. The molecular formula is C16H34N2. The van der Waals surface area contributed by atoms with E-state index in [1.807, 2.05) is 0 Å². The summed E-state index contributed by atoms with van der Waals surface area (Å²) in [6.07, 6.45) is 7.96. The van der Waals surface area contributed by atoms with E-state index < -0.39 is 0 Å². The fourth-order valence-electron chi connectivity index (χ4n) is 3.73. The van der Waals surface area contributed by atoms with Gasteiger partial charge in [0.25, 0.3) is 0 Å². The maximum absolute atomic E-state index is 6.14. The van der Waals surface area contributed by atoms with Crippen molar-refractivity contribution in [3.05, 3.63) is 0 Å². The number of nitrogens with zero attached hydrogens (tertiary/aromatic N) is 1. The molecule has 1 aliphatic rings. The zero-order chi connectivity index (χ0) is 13.6. The van der Waals surface area contributed by atoms with Crippen LogP contribution in [0.1, 0.15) is 66.2 Å². The second kappa shape index (κ2) is 7.49. The number of hydrogen-bond acceptors (Lipinski definition) is 2. The van der Waals surface area contributed by atoms with Gasteiger partial charge in [-0.2, -0.15) is 0 Å². The number of hydrogen-bond donors (Lipinski definition) is 1. The summed E-state index contributed by atoms with van der Waals surface area (Å²) >= 11 is 0. The molecule has 1 atom stereocenters. The van der Waals surface area contributed by atoms with Gasteiger partial charge in [0.05, 0.1) is 0 Å². The fraction of sp³-hybridized carbons (Fsp3) is 1.00. The molecule has 0 radical (unpaired) electrons. The quantitative estimate of drug-likeness (QED) is 0.716. The van der Waals surface area contributed by atoms with Crippen LogP contribution >= 0.6 is 0 Å². The highest BCUT2D eigenvalue weighted by Gasteiger charge is 2.38. The predicted molar refractivity (Wildman–Crippen MR) is 80.7 cm³/mol. The lowest BCUT2D eigenvalue weighted by molar-refractivity contribution is 0.0786. The van der Waals surface area contributed by atoms with Gasteiger partial charge >= 0.3 is 0 Å². The van der Waals surface area contributed by atoms with Crippen molar-refractivity contribution in [1.29, 1.82) is 0 Å². The molecule has 0 saturated heterocycles. The first-order valence-corrected chi connectivity index (χ1v) is 7.99. The van der Waals surface area contributed by atoms with Gasteiger partial charge in [0.1, 0.15) is 0 Å². The molecule has 1 fully saturated rings.